The van der Waals surface area contributed by atoms with E-state index in [0.29, 0.717) is 12.2 Å². The standard InChI is InChI=1S/C23H26N2O3S/c1-15-14-19(26)22(23(27)24-16(2)21-10-7-13-29-21)17(3)25(15)12-11-18-8-5-6-9-20(18)28-4/h5-10,13-14,16H,11-12H2,1-4H3,(H,24,27). The van der Waals surface area contributed by atoms with E-state index in [1.54, 1.807) is 24.5 Å². The fraction of sp³-hybridized carbons (Fsp3) is 0.304. The normalized spacial score (nSPS) is 11.9. The second-order valence-corrected chi connectivity index (χ2v) is 8.01. The predicted molar refractivity (Wildman–Crippen MR) is 117 cm³/mol. The molecule has 3 aromatic rings. The number of para-hydroxylation sites is 1. The number of aromatic nitrogens is 1. The van der Waals surface area contributed by atoms with Crippen molar-refractivity contribution in [2.24, 2.45) is 0 Å². The summed E-state index contributed by atoms with van der Waals surface area (Å²) in [6.45, 7) is 6.31. The predicted octanol–water partition coefficient (Wildman–Crippen LogP) is 4.27. The number of carbonyl (C=O) groups is 1. The SMILES string of the molecule is COc1ccccc1CCn1c(C)cc(=O)c(C(=O)NC(C)c2cccs2)c1C. The average molecular weight is 411 g/mol. The molecule has 1 unspecified atom stereocenters. The molecule has 0 aliphatic carbocycles. The zero-order chi connectivity index (χ0) is 21.0. The van der Waals surface area contributed by atoms with Gasteiger partial charge in [0.1, 0.15) is 11.3 Å². The minimum Gasteiger partial charge on any atom is -0.496 e. The Morgan fingerprint density at radius 3 is 2.66 bits per heavy atom. The monoisotopic (exact) mass is 410 g/mol. The Kier molecular flexibility index (Phi) is 6.54. The number of ether oxygens (including phenoxy) is 1. The Bertz CT molecular complexity index is 1050. The molecule has 2 heterocycles. The van der Waals surface area contributed by atoms with Gasteiger partial charge in [0.25, 0.3) is 5.91 Å². The van der Waals surface area contributed by atoms with Gasteiger partial charge in [-0.25, -0.2) is 0 Å². The molecule has 0 saturated carbocycles. The van der Waals surface area contributed by atoms with Crippen LogP contribution in [0.15, 0.2) is 52.6 Å². The van der Waals surface area contributed by atoms with Gasteiger partial charge in [0, 0.05) is 28.9 Å². The van der Waals surface area contributed by atoms with Gasteiger partial charge >= 0.3 is 0 Å². The first kappa shape index (κ1) is 20.9. The van der Waals surface area contributed by atoms with Crippen LogP contribution in [-0.2, 0) is 13.0 Å². The minimum absolute atomic E-state index is 0.148. The molecule has 0 aliphatic heterocycles. The van der Waals surface area contributed by atoms with Gasteiger partial charge < -0.3 is 14.6 Å². The summed E-state index contributed by atoms with van der Waals surface area (Å²) in [5.41, 5.74) is 2.57. The van der Waals surface area contributed by atoms with E-state index in [2.05, 4.69) is 5.32 Å². The highest BCUT2D eigenvalue weighted by atomic mass is 32.1. The van der Waals surface area contributed by atoms with E-state index >= 15 is 0 Å². The van der Waals surface area contributed by atoms with E-state index in [-0.39, 0.29) is 22.9 Å². The zero-order valence-electron chi connectivity index (χ0n) is 17.2. The highest BCUT2D eigenvalue weighted by Gasteiger charge is 2.20. The van der Waals surface area contributed by atoms with E-state index in [4.69, 9.17) is 4.74 Å². The van der Waals surface area contributed by atoms with Crippen molar-refractivity contribution in [1.29, 1.82) is 0 Å². The van der Waals surface area contributed by atoms with E-state index in [0.717, 1.165) is 28.3 Å². The molecule has 1 atom stereocenters. The Morgan fingerprint density at radius 1 is 1.21 bits per heavy atom. The molecule has 0 radical (unpaired) electrons. The van der Waals surface area contributed by atoms with Gasteiger partial charge in [-0.05, 0) is 50.3 Å². The Balaban J connectivity index is 1.86. The molecular weight excluding hydrogens is 384 g/mol. The van der Waals surface area contributed by atoms with Crippen molar-refractivity contribution in [2.45, 2.75) is 39.8 Å². The van der Waals surface area contributed by atoms with Crippen LogP contribution in [-0.4, -0.2) is 17.6 Å². The molecule has 1 aromatic carbocycles. The molecule has 1 amide bonds. The fourth-order valence-corrected chi connectivity index (χ4v) is 4.29. The number of thiophene rings is 1. The highest BCUT2D eigenvalue weighted by Crippen LogP contribution is 2.21. The second-order valence-electron chi connectivity index (χ2n) is 7.03. The van der Waals surface area contributed by atoms with Gasteiger partial charge in [-0.2, -0.15) is 0 Å². The van der Waals surface area contributed by atoms with Crippen LogP contribution in [0.1, 0.15) is 45.2 Å². The number of hydrogen-bond acceptors (Lipinski definition) is 4. The lowest BCUT2D eigenvalue weighted by Gasteiger charge is -2.19. The number of methoxy groups -OCH3 is 1. The molecule has 3 rings (SSSR count). The molecule has 0 spiro atoms. The Hall–Kier alpha value is -2.86. The molecule has 5 nitrogen and oxygen atoms in total. The van der Waals surface area contributed by atoms with Crippen LogP contribution in [0.3, 0.4) is 0 Å². The second kappa shape index (κ2) is 9.09. The van der Waals surface area contributed by atoms with E-state index in [1.807, 2.05) is 67.1 Å². The smallest absolute Gasteiger partial charge is 0.257 e. The van der Waals surface area contributed by atoms with Crippen molar-refractivity contribution in [3.05, 3.63) is 85.5 Å². The number of benzene rings is 1. The van der Waals surface area contributed by atoms with Crippen molar-refractivity contribution in [3.8, 4) is 5.75 Å². The van der Waals surface area contributed by atoms with E-state index < -0.39 is 0 Å². The topological polar surface area (TPSA) is 60.3 Å². The molecule has 0 saturated heterocycles. The number of amides is 1. The summed E-state index contributed by atoms with van der Waals surface area (Å²) < 4.78 is 7.46. The summed E-state index contributed by atoms with van der Waals surface area (Å²) in [5, 5.41) is 4.93. The summed E-state index contributed by atoms with van der Waals surface area (Å²) in [7, 11) is 1.66. The Morgan fingerprint density at radius 2 is 1.97 bits per heavy atom. The van der Waals surface area contributed by atoms with Gasteiger partial charge in [0.15, 0.2) is 5.43 Å². The van der Waals surface area contributed by atoms with Crippen molar-refractivity contribution in [1.82, 2.24) is 9.88 Å². The molecule has 0 bridgehead atoms. The van der Waals surface area contributed by atoms with Crippen molar-refractivity contribution < 1.29 is 9.53 Å². The van der Waals surface area contributed by atoms with Crippen LogP contribution < -0.4 is 15.5 Å². The number of nitrogens with one attached hydrogen (secondary N) is 1. The number of rotatable bonds is 7. The lowest BCUT2D eigenvalue weighted by molar-refractivity contribution is 0.0937. The van der Waals surface area contributed by atoms with Crippen LogP contribution in [0.4, 0.5) is 0 Å². The maximum atomic E-state index is 12.9. The summed E-state index contributed by atoms with van der Waals surface area (Å²) in [6.07, 6.45) is 0.737. The van der Waals surface area contributed by atoms with Crippen molar-refractivity contribution in [3.63, 3.8) is 0 Å². The third-order valence-corrected chi connectivity index (χ3v) is 6.18. The highest BCUT2D eigenvalue weighted by molar-refractivity contribution is 7.10. The minimum atomic E-state index is -0.334. The first-order valence-electron chi connectivity index (χ1n) is 9.59. The largest absolute Gasteiger partial charge is 0.496 e. The summed E-state index contributed by atoms with van der Waals surface area (Å²) in [6, 6.07) is 13.2. The van der Waals surface area contributed by atoms with Gasteiger partial charge in [0.05, 0.1) is 13.2 Å². The van der Waals surface area contributed by atoms with Crippen LogP contribution in [0.2, 0.25) is 0 Å². The molecule has 152 valence electrons. The maximum absolute atomic E-state index is 12.9. The van der Waals surface area contributed by atoms with Gasteiger partial charge in [0.2, 0.25) is 0 Å². The molecular formula is C23H26N2O3S. The molecule has 6 heteroatoms. The lowest BCUT2D eigenvalue weighted by Crippen LogP contribution is -2.33. The summed E-state index contributed by atoms with van der Waals surface area (Å²) in [5.74, 6) is 0.506. The number of aryl methyl sites for hydroxylation is 2. The quantitative estimate of drug-likeness (QED) is 0.633. The van der Waals surface area contributed by atoms with Crippen LogP contribution in [0.25, 0.3) is 0 Å². The number of nitrogens with zero attached hydrogens (tertiary/aromatic N) is 1. The third kappa shape index (κ3) is 4.59. The number of carbonyl (C=O) groups excluding carboxylic acids is 1. The van der Waals surface area contributed by atoms with E-state index in [1.165, 1.54) is 0 Å². The first-order valence-corrected chi connectivity index (χ1v) is 10.5. The average Bonchev–Trinajstić information content (AvgIpc) is 3.22. The molecule has 29 heavy (non-hydrogen) atoms. The summed E-state index contributed by atoms with van der Waals surface area (Å²) >= 11 is 1.58. The third-order valence-electron chi connectivity index (χ3n) is 5.12. The molecule has 0 aliphatic rings. The van der Waals surface area contributed by atoms with Gasteiger partial charge in [-0.1, -0.05) is 24.3 Å². The first-order chi connectivity index (χ1) is 13.9. The molecule has 2 aromatic heterocycles. The Labute approximate surface area is 175 Å². The van der Waals surface area contributed by atoms with Gasteiger partial charge in [-0.3, -0.25) is 9.59 Å². The summed E-state index contributed by atoms with van der Waals surface area (Å²) in [4.78, 5) is 26.6. The van der Waals surface area contributed by atoms with Crippen molar-refractivity contribution in [2.75, 3.05) is 7.11 Å². The molecule has 0 fully saturated rings. The van der Waals surface area contributed by atoms with Crippen LogP contribution in [0, 0.1) is 13.8 Å². The molecule has 1 N–H and O–H groups in total. The maximum Gasteiger partial charge on any atom is 0.257 e. The van der Waals surface area contributed by atoms with E-state index in [9.17, 15) is 9.59 Å². The van der Waals surface area contributed by atoms with Gasteiger partial charge in [-0.15, -0.1) is 11.3 Å². The van der Waals surface area contributed by atoms with Crippen LogP contribution in [0.5, 0.6) is 5.75 Å². The number of hydrogen-bond donors (Lipinski definition) is 1. The zero-order valence-corrected chi connectivity index (χ0v) is 18.0. The van der Waals surface area contributed by atoms with Crippen LogP contribution >= 0.6 is 11.3 Å². The number of pyridine rings is 1. The van der Waals surface area contributed by atoms with Crippen molar-refractivity contribution >= 4 is 17.2 Å². The fourth-order valence-electron chi connectivity index (χ4n) is 3.56. The lowest BCUT2D eigenvalue weighted by atomic mass is 10.1.